The van der Waals surface area contributed by atoms with Crippen molar-refractivity contribution >= 4 is 80.9 Å². The second-order valence-corrected chi connectivity index (χ2v) is 7.45. The molecule has 0 aliphatic rings. The molecule has 0 N–H and O–H groups in total. The highest BCUT2D eigenvalue weighted by Crippen LogP contribution is 2.45. The first kappa shape index (κ1) is 12.4. The van der Waals surface area contributed by atoms with Crippen LogP contribution in [-0.4, -0.2) is 10.2 Å². The van der Waals surface area contributed by atoms with Crippen LogP contribution in [0.4, 0.5) is 0 Å². The van der Waals surface area contributed by atoms with E-state index in [1.165, 1.54) is 0 Å². The Balaban J connectivity index is 3.01. The number of hydrogen-bond acceptors (Lipinski definition) is 3. The molecule has 0 aromatic carbocycles. The molecule has 9 heteroatoms. The number of nitrogens with zero attached hydrogens (tertiary/aromatic N) is 2. The van der Waals surface area contributed by atoms with E-state index >= 15 is 0 Å². The number of rotatable bonds is 0. The first-order chi connectivity index (χ1) is 5.71. The molecule has 0 saturated carbocycles. The van der Waals surface area contributed by atoms with Crippen LogP contribution in [0.2, 0.25) is 0 Å². The van der Waals surface area contributed by atoms with Crippen molar-refractivity contribution in [3.05, 3.63) is 10.0 Å². The minimum Gasteiger partial charge on any atom is -0.139 e. The average molecular weight is 321 g/mol. The van der Waals surface area contributed by atoms with Gasteiger partial charge >= 0.3 is 0 Å². The molecule has 13 heavy (non-hydrogen) atoms. The Morgan fingerprint density at radius 2 is 1.08 bits per heavy atom. The van der Waals surface area contributed by atoms with Crippen LogP contribution in [0.25, 0.3) is 0 Å². The molecule has 0 amide bonds. The van der Waals surface area contributed by atoms with Crippen LogP contribution in [0.1, 0.15) is 10.0 Å². The zero-order valence-corrected chi connectivity index (χ0v) is 10.9. The van der Waals surface area contributed by atoms with Crippen molar-refractivity contribution in [3.8, 4) is 0 Å². The van der Waals surface area contributed by atoms with Gasteiger partial charge in [0.1, 0.15) is 0 Å². The topological polar surface area (TPSA) is 25.8 Å². The fourth-order valence-corrected chi connectivity index (χ4v) is 1.95. The van der Waals surface area contributed by atoms with Gasteiger partial charge < -0.3 is 0 Å². The number of hydrogen-bond donors (Lipinski definition) is 0. The van der Waals surface area contributed by atoms with Crippen LogP contribution in [-0.2, 0) is 7.59 Å². The molecule has 1 aromatic rings. The molecule has 0 bridgehead atoms. The molecule has 0 fully saturated rings. The fourth-order valence-electron chi connectivity index (χ4n) is 0.452. The molecule has 1 aromatic heterocycles. The van der Waals surface area contributed by atoms with Gasteiger partial charge in [-0.3, -0.25) is 0 Å². The largest absolute Gasteiger partial charge is 0.243 e. The molecular formula is C4Cl6N2S. The second kappa shape index (κ2) is 4.05. The Morgan fingerprint density at radius 3 is 1.23 bits per heavy atom. The predicted octanol–water partition coefficient (Wildman–Crippen LogP) is 4.19. The summed E-state index contributed by atoms with van der Waals surface area (Å²) in [5.41, 5.74) is 0. The van der Waals surface area contributed by atoms with Crippen molar-refractivity contribution in [2.24, 2.45) is 0 Å². The molecule has 0 spiro atoms. The molecule has 0 radical (unpaired) electrons. The molecule has 0 atom stereocenters. The smallest absolute Gasteiger partial charge is 0.139 e. The van der Waals surface area contributed by atoms with Gasteiger partial charge in [-0.15, -0.1) is 10.2 Å². The summed E-state index contributed by atoms with van der Waals surface area (Å²) < 4.78 is -3.27. The van der Waals surface area contributed by atoms with Gasteiger partial charge in [-0.2, -0.15) is 0 Å². The normalized spacial score (nSPS) is 13.4. The van der Waals surface area contributed by atoms with Crippen LogP contribution >= 0.6 is 80.9 Å². The summed E-state index contributed by atoms with van der Waals surface area (Å²) in [7, 11) is 0. The zero-order chi connectivity index (χ0) is 10.3. The van der Waals surface area contributed by atoms with Crippen molar-refractivity contribution in [1.82, 2.24) is 10.2 Å². The Kier molecular flexibility index (Phi) is 3.85. The lowest BCUT2D eigenvalue weighted by Crippen LogP contribution is -1.98. The lowest BCUT2D eigenvalue weighted by molar-refractivity contribution is 0.958. The average Bonchev–Trinajstić information content (AvgIpc) is 2.28. The van der Waals surface area contributed by atoms with E-state index in [9.17, 15) is 0 Å². The van der Waals surface area contributed by atoms with E-state index < -0.39 is 7.59 Å². The summed E-state index contributed by atoms with van der Waals surface area (Å²) >= 11 is 34.1. The Hall–Kier alpha value is 1.30. The molecule has 1 rings (SSSR count). The SMILES string of the molecule is ClC(Cl)(Cl)c1nnc(C(Cl)(Cl)Cl)s1. The third-order valence-corrected chi connectivity index (χ3v) is 3.82. The summed E-state index contributed by atoms with van der Waals surface area (Å²) in [6.45, 7) is 0. The van der Waals surface area contributed by atoms with Crippen LogP contribution in [0.15, 0.2) is 0 Å². The Morgan fingerprint density at radius 1 is 0.769 bits per heavy atom. The number of aromatic nitrogens is 2. The van der Waals surface area contributed by atoms with Gasteiger partial charge in [0.2, 0.25) is 7.59 Å². The van der Waals surface area contributed by atoms with Crippen LogP contribution < -0.4 is 0 Å². The molecule has 0 aliphatic heterocycles. The van der Waals surface area contributed by atoms with E-state index in [2.05, 4.69) is 10.2 Å². The highest BCUT2D eigenvalue weighted by molar-refractivity contribution is 7.14. The van der Waals surface area contributed by atoms with Gasteiger partial charge in [-0.1, -0.05) is 80.9 Å². The molecule has 0 aliphatic carbocycles. The van der Waals surface area contributed by atoms with Gasteiger partial charge in [0.05, 0.1) is 0 Å². The number of halogens is 6. The van der Waals surface area contributed by atoms with Crippen LogP contribution in [0, 0.1) is 0 Å². The van der Waals surface area contributed by atoms with Gasteiger partial charge in [-0.25, -0.2) is 0 Å². The maximum absolute atomic E-state index is 5.53. The van der Waals surface area contributed by atoms with Crippen molar-refractivity contribution < 1.29 is 0 Å². The molecule has 2 nitrogen and oxygen atoms in total. The molecular weight excluding hydrogens is 321 g/mol. The lowest BCUT2D eigenvalue weighted by Gasteiger charge is -2.05. The first-order valence-electron chi connectivity index (χ1n) is 2.69. The van der Waals surface area contributed by atoms with Crippen molar-refractivity contribution in [2.75, 3.05) is 0 Å². The molecule has 1 heterocycles. The van der Waals surface area contributed by atoms with Crippen molar-refractivity contribution in [2.45, 2.75) is 7.59 Å². The monoisotopic (exact) mass is 318 g/mol. The second-order valence-electron chi connectivity index (χ2n) is 1.91. The highest BCUT2D eigenvalue weighted by atomic mass is 35.6. The van der Waals surface area contributed by atoms with E-state index in [1.54, 1.807) is 0 Å². The zero-order valence-electron chi connectivity index (χ0n) is 5.57. The minimum absolute atomic E-state index is 0.166. The van der Waals surface area contributed by atoms with E-state index in [0.717, 1.165) is 11.3 Å². The Labute approximate surface area is 108 Å². The standard InChI is InChI=1S/C4Cl6N2S/c5-3(6,7)1-11-12-2(13-1)4(8,9)10. The lowest BCUT2D eigenvalue weighted by atomic mass is 10.8. The summed E-state index contributed by atoms with van der Waals surface area (Å²) in [6.07, 6.45) is 0. The van der Waals surface area contributed by atoms with Crippen molar-refractivity contribution in [3.63, 3.8) is 0 Å². The van der Waals surface area contributed by atoms with Gasteiger partial charge in [0.15, 0.2) is 10.0 Å². The predicted molar refractivity (Wildman–Crippen MR) is 58.4 cm³/mol. The van der Waals surface area contributed by atoms with E-state index in [4.69, 9.17) is 69.6 Å². The van der Waals surface area contributed by atoms with Gasteiger partial charge in [0.25, 0.3) is 0 Å². The van der Waals surface area contributed by atoms with E-state index in [-0.39, 0.29) is 10.0 Å². The van der Waals surface area contributed by atoms with Crippen LogP contribution in [0.5, 0.6) is 0 Å². The third kappa shape index (κ3) is 3.42. The summed E-state index contributed by atoms with van der Waals surface area (Å²) in [4.78, 5) is 0. The van der Waals surface area contributed by atoms with Gasteiger partial charge in [-0.05, 0) is 0 Å². The highest BCUT2D eigenvalue weighted by Gasteiger charge is 2.33. The van der Waals surface area contributed by atoms with Gasteiger partial charge in [0, 0.05) is 0 Å². The molecule has 0 saturated heterocycles. The first-order valence-corrected chi connectivity index (χ1v) is 5.77. The third-order valence-electron chi connectivity index (χ3n) is 0.910. The quantitative estimate of drug-likeness (QED) is 0.670. The maximum atomic E-state index is 5.53. The van der Waals surface area contributed by atoms with E-state index in [0.29, 0.717) is 0 Å². The van der Waals surface area contributed by atoms with E-state index in [1.807, 2.05) is 0 Å². The summed E-state index contributed by atoms with van der Waals surface area (Å²) in [5.74, 6) is 0. The summed E-state index contributed by atoms with van der Waals surface area (Å²) in [6, 6.07) is 0. The Bertz CT molecular complexity index is 270. The fraction of sp³-hybridized carbons (Fsp3) is 0.500. The molecule has 0 unspecified atom stereocenters. The minimum atomic E-state index is -1.63. The molecule has 74 valence electrons. The van der Waals surface area contributed by atoms with Crippen LogP contribution in [0.3, 0.4) is 0 Å². The number of alkyl halides is 6. The maximum Gasteiger partial charge on any atom is 0.243 e. The summed E-state index contributed by atoms with van der Waals surface area (Å²) in [5, 5.41) is 7.48. The van der Waals surface area contributed by atoms with Crippen molar-refractivity contribution in [1.29, 1.82) is 0 Å².